The zero-order valence-electron chi connectivity index (χ0n) is 15.9. The van der Waals surface area contributed by atoms with Crippen LogP contribution in [0.25, 0.3) is 0 Å². The molecule has 0 saturated carbocycles. The van der Waals surface area contributed by atoms with Gasteiger partial charge in [0.05, 0.1) is 6.26 Å². The van der Waals surface area contributed by atoms with E-state index in [9.17, 15) is 9.59 Å². The van der Waals surface area contributed by atoms with E-state index in [0.29, 0.717) is 17.9 Å². The van der Waals surface area contributed by atoms with Crippen LogP contribution >= 0.6 is 0 Å². The van der Waals surface area contributed by atoms with E-state index in [0.717, 1.165) is 24.2 Å². The fraction of sp³-hybridized carbons (Fsp3) is 0.217. The Balaban J connectivity index is 1.37. The Morgan fingerprint density at radius 1 is 1.07 bits per heavy atom. The minimum absolute atomic E-state index is 0.119. The van der Waals surface area contributed by atoms with Crippen molar-refractivity contribution in [2.75, 3.05) is 18.1 Å². The molecule has 2 aromatic carbocycles. The number of ether oxygens (including phenoxy) is 1. The van der Waals surface area contributed by atoms with E-state index in [1.54, 1.807) is 29.4 Å². The zero-order valence-corrected chi connectivity index (χ0v) is 15.9. The van der Waals surface area contributed by atoms with Gasteiger partial charge in [-0.15, -0.1) is 0 Å². The van der Waals surface area contributed by atoms with Crippen LogP contribution in [0.5, 0.6) is 5.75 Å². The van der Waals surface area contributed by atoms with Gasteiger partial charge in [-0.1, -0.05) is 30.3 Å². The third-order valence-corrected chi connectivity index (χ3v) is 4.86. The maximum atomic E-state index is 12.5. The van der Waals surface area contributed by atoms with E-state index in [1.807, 2.05) is 48.5 Å². The van der Waals surface area contributed by atoms with E-state index in [-0.39, 0.29) is 24.5 Å². The molecule has 1 N–H and O–H groups in total. The molecule has 0 spiro atoms. The van der Waals surface area contributed by atoms with Crippen LogP contribution in [0.4, 0.5) is 5.69 Å². The van der Waals surface area contributed by atoms with E-state index in [4.69, 9.17) is 9.15 Å². The molecule has 6 heteroatoms. The predicted octanol–water partition coefficient (Wildman–Crippen LogP) is 3.69. The maximum absolute atomic E-state index is 12.5. The number of nitrogens with zero attached hydrogens (tertiary/aromatic N) is 1. The van der Waals surface area contributed by atoms with Gasteiger partial charge in [-0.2, -0.15) is 0 Å². The first-order valence-electron chi connectivity index (χ1n) is 9.61. The van der Waals surface area contributed by atoms with Crippen LogP contribution in [0.15, 0.2) is 77.4 Å². The van der Waals surface area contributed by atoms with Gasteiger partial charge in [-0.25, -0.2) is 0 Å². The van der Waals surface area contributed by atoms with Crippen molar-refractivity contribution >= 4 is 17.5 Å². The third kappa shape index (κ3) is 4.48. The number of hydrogen-bond acceptors (Lipinski definition) is 4. The van der Waals surface area contributed by atoms with Crippen molar-refractivity contribution in [1.29, 1.82) is 0 Å². The molecule has 1 aliphatic rings. The molecular weight excluding hydrogens is 368 g/mol. The molecule has 1 unspecified atom stereocenters. The zero-order chi connectivity index (χ0) is 20.1. The van der Waals surface area contributed by atoms with Gasteiger partial charge in [0.15, 0.2) is 6.61 Å². The summed E-state index contributed by atoms with van der Waals surface area (Å²) in [6.07, 6.45) is 3.06. The number of furan rings is 1. The Hall–Kier alpha value is -3.54. The molecule has 1 fully saturated rings. The number of hydrogen-bond donors (Lipinski definition) is 1. The molecular formula is C23H22N2O4. The smallest absolute Gasteiger partial charge is 0.258 e. The summed E-state index contributed by atoms with van der Waals surface area (Å²) in [4.78, 5) is 26.1. The summed E-state index contributed by atoms with van der Waals surface area (Å²) in [6, 6.07) is 20.1. The molecule has 29 heavy (non-hydrogen) atoms. The summed E-state index contributed by atoms with van der Waals surface area (Å²) >= 11 is 0. The first-order chi connectivity index (χ1) is 14.2. The SMILES string of the molecule is O=C(COc1ccc(N2CCCC2=O)cc1)NC(c1ccccc1)c1ccco1. The molecule has 0 aliphatic carbocycles. The molecule has 6 nitrogen and oxygen atoms in total. The fourth-order valence-electron chi connectivity index (χ4n) is 3.41. The summed E-state index contributed by atoms with van der Waals surface area (Å²) in [6.45, 7) is 0.626. The number of amides is 2. The number of nitrogens with one attached hydrogen (secondary N) is 1. The summed E-state index contributed by atoms with van der Waals surface area (Å²) < 4.78 is 11.1. The Morgan fingerprint density at radius 2 is 1.86 bits per heavy atom. The molecule has 4 rings (SSSR count). The lowest BCUT2D eigenvalue weighted by atomic mass is 10.0. The predicted molar refractivity (Wildman–Crippen MR) is 109 cm³/mol. The number of benzene rings is 2. The molecule has 148 valence electrons. The molecule has 2 amide bonds. The van der Waals surface area contributed by atoms with Crippen LogP contribution in [-0.2, 0) is 9.59 Å². The highest BCUT2D eigenvalue weighted by atomic mass is 16.5. The molecule has 1 aromatic heterocycles. The quantitative estimate of drug-likeness (QED) is 0.668. The molecule has 1 atom stereocenters. The maximum Gasteiger partial charge on any atom is 0.258 e. The first-order valence-corrected chi connectivity index (χ1v) is 9.61. The second kappa shape index (κ2) is 8.65. The third-order valence-electron chi connectivity index (χ3n) is 4.86. The largest absolute Gasteiger partial charge is 0.484 e. The monoisotopic (exact) mass is 390 g/mol. The second-order valence-corrected chi connectivity index (χ2v) is 6.86. The normalized spacial score (nSPS) is 14.6. The van der Waals surface area contributed by atoms with Gasteiger partial charge >= 0.3 is 0 Å². The van der Waals surface area contributed by atoms with Crippen molar-refractivity contribution in [3.8, 4) is 5.75 Å². The van der Waals surface area contributed by atoms with E-state index in [1.165, 1.54) is 0 Å². The van der Waals surface area contributed by atoms with Gasteiger partial charge in [-0.3, -0.25) is 9.59 Å². The van der Waals surface area contributed by atoms with Crippen molar-refractivity contribution in [3.05, 3.63) is 84.3 Å². The highest BCUT2D eigenvalue weighted by Crippen LogP contribution is 2.24. The highest BCUT2D eigenvalue weighted by molar-refractivity contribution is 5.95. The van der Waals surface area contributed by atoms with Crippen LogP contribution in [0.1, 0.15) is 30.2 Å². The summed E-state index contributed by atoms with van der Waals surface area (Å²) in [5.74, 6) is 1.12. The van der Waals surface area contributed by atoms with E-state index < -0.39 is 0 Å². The topological polar surface area (TPSA) is 71.8 Å². The molecule has 1 aliphatic heterocycles. The van der Waals surface area contributed by atoms with Crippen LogP contribution in [0.2, 0.25) is 0 Å². The average Bonchev–Trinajstić information content (AvgIpc) is 3.43. The summed E-state index contributed by atoms with van der Waals surface area (Å²) in [5, 5.41) is 2.96. The van der Waals surface area contributed by atoms with Crippen LogP contribution in [0, 0.1) is 0 Å². The average molecular weight is 390 g/mol. The van der Waals surface area contributed by atoms with Crippen LogP contribution < -0.4 is 15.0 Å². The van der Waals surface area contributed by atoms with Gasteiger partial charge in [0.25, 0.3) is 5.91 Å². The highest BCUT2D eigenvalue weighted by Gasteiger charge is 2.22. The van der Waals surface area contributed by atoms with Gasteiger partial charge in [0.2, 0.25) is 5.91 Å². The number of carbonyl (C=O) groups excluding carboxylic acids is 2. The number of rotatable bonds is 7. The van der Waals surface area contributed by atoms with Gasteiger partial charge in [0.1, 0.15) is 17.6 Å². The standard InChI is InChI=1S/C23H22N2O4/c26-21(24-23(20-8-5-15-28-20)17-6-2-1-3-7-17)16-29-19-12-10-18(11-13-19)25-14-4-9-22(25)27/h1-3,5-8,10-13,15,23H,4,9,14,16H2,(H,24,26). The summed E-state index contributed by atoms with van der Waals surface area (Å²) in [7, 11) is 0. The minimum Gasteiger partial charge on any atom is -0.484 e. The Bertz CT molecular complexity index is 952. The Labute approximate surface area is 169 Å². The molecule has 1 saturated heterocycles. The second-order valence-electron chi connectivity index (χ2n) is 6.86. The van der Waals surface area contributed by atoms with Gasteiger partial charge in [-0.05, 0) is 48.4 Å². The van der Waals surface area contributed by atoms with Crippen LogP contribution in [-0.4, -0.2) is 25.0 Å². The van der Waals surface area contributed by atoms with Gasteiger partial charge < -0.3 is 19.4 Å². The molecule has 0 bridgehead atoms. The lowest BCUT2D eigenvalue weighted by Gasteiger charge is -2.18. The van der Waals surface area contributed by atoms with Crippen molar-refractivity contribution in [2.24, 2.45) is 0 Å². The Morgan fingerprint density at radius 3 is 2.52 bits per heavy atom. The van der Waals surface area contributed by atoms with Crippen molar-refractivity contribution in [3.63, 3.8) is 0 Å². The van der Waals surface area contributed by atoms with E-state index >= 15 is 0 Å². The number of anilines is 1. The fourth-order valence-corrected chi connectivity index (χ4v) is 3.41. The van der Waals surface area contributed by atoms with Crippen LogP contribution in [0.3, 0.4) is 0 Å². The molecule has 3 aromatic rings. The Kier molecular flexibility index (Phi) is 5.61. The van der Waals surface area contributed by atoms with Gasteiger partial charge in [0, 0.05) is 18.7 Å². The van der Waals surface area contributed by atoms with Crippen molar-refractivity contribution in [1.82, 2.24) is 5.32 Å². The van der Waals surface area contributed by atoms with E-state index in [2.05, 4.69) is 5.32 Å². The molecule has 2 heterocycles. The number of carbonyl (C=O) groups is 2. The lowest BCUT2D eigenvalue weighted by Crippen LogP contribution is -2.33. The van der Waals surface area contributed by atoms with Crippen molar-refractivity contribution in [2.45, 2.75) is 18.9 Å². The molecule has 0 radical (unpaired) electrons. The van der Waals surface area contributed by atoms with Crippen molar-refractivity contribution < 1.29 is 18.7 Å². The minimum atomic E-state index is -0.383. The lowest BCUT2D eigenvalue weighted by molar-refractivity contribution is -0.123. The summed E-state index contributed by atoms with van der Waals surface area (Å²) in [5.41, 5.74) is 1.78. The first kappa shape index (κ1) is 18.8.